The third kappa shape index (κ3) is 2.76. The van der Waals surface area contributed by atoms with Gasteiger partial charge in [-0.25, -0.2) is 0 Å². The molecule has 1 aliphatic heterocycles. The first-order valence-electron chi connectivity index (χ1n) is 7.93. The number of hydrogen-bond donors (Lipinski definition) is 3. The highest BCUT2D eigenvalue weighted by atomic mass is 35.5. The summed E-state index contributed by atoms with van der Waals surface area (Å²) >= 11 is 12.6. The van der Waals surface area contributed by atoms with Crippen LogP contribution in [0, 0.1) is 0 Å². The average Bonchev–Trinajstić information content (AvgIpc) is 2.93. The van der Waals surface area contributed by atoms with E-state index in [0.717, 1.165) is 22.4 Å². The van der Waals surface area contributed by atoms with Crippen LogP contribution in [0.15, 0.2) is 48.5 Å². The smallest absolute Gasteiger partial charge is 0.198 e. The Labute approximate surface area is 155 Å². The van der Waals surface area contributed by atoms with Crippen molar-refractivity contribution < 1.29 is 10.2 Å². The van der Waals surface area contributed by atoms with E-state index < -0.39 is 0 Å². The maximum Gasteiger partial charge on any atom is 0.198 e. The molecule has 4 nitrogen and oxygen atoms in total. The van der Waals surface area contributed by atoms with Crippen LogP contribution in [0.5, 0.6) is 11.8 Å². The molecule has 0 saturated carbocycles. The Bertz CT molecular complexity index is 933. The van der Waals surface area contributed by atoms with E-state index in [1.54, 1.807) is 6.07 Å². The second-order valence-corrected chi connectivity index (χ2v) is 6.93. The first-order valence-corrected chi connectivity index (χ1v) is 8.69. The summed E-state index contributed by atoms with van der Waals surface area (Å²) in [7, 11) is 0. The minimum Gasteiger partial charge on any atom is -0.494 e. The predicted molar refractivity (Wildman–Crippen MR) is 99.1 cm³/mol. The van der Waals surface area contributed by atoms with Gasteiger partial charge in [-0.1, -0.05) is 41.4 Å². The average molecular weight is 375 g/mol. The third-order valence-electron chi connectivity index (χ3n) is 4.61. The Balaban J connectivity index is 1.92. The molecule has 0 spiro atoms. The molecule has 0 radical (unpaired) electrons. The summed E-state index contributed by atoms with van der Waals surface area (Å²) in [6.07, 6.45) is 0. The van der Waals surface area contributed by atoms with Crippen LogP contribution >= 0.6 is 23.2 Å². The van der Waals surface area contributed by atoms with Crippen LogP contribution in [-0.4, -0.2) is 21.3 Å². The van der Waals surface area contributed by atoms with Crippen molar-refractivity contribution in [3.8, 4) is 17.4 Å². The number of rotatable bonds is 2. The third-order valence-corrected chi connectivity index (χ3v) is 5.17. The molecule has 3 aromatic rings. The normalized spacial score (nSPS) is 16.6. The second-order valence-electron chi connectivity index (χ2n) is 6.08. The number of hydrogen-bond acceptors (Lipinski definition) is 3. The Morgan fingerprint density at radius 2 is 1.68 bits per heavy atom. The molecule has 4 rings (SSSR count). The van der Waals surface area contributed by atoms with E-state index >= 15 is 0 Å². The summed E-state index contributed by atoms with van der Waals surface area (Å²) in [5.74, 6) is -0.0338. The van der Waals surface area contributed by atoms with E-state index in [9.17, 15) is 10.2 Å². The van der Waals surface area contributed by atoms with Crippen molar-refractivity contribution in [1.29, 1.82) is 0 Å². The van der Waals surface area contributed by atoms with Gasteiger partial charge in [0.25, 0.3) is 0 Å². The van der Waals surface area contributed by atoms with Crippen LogP contribution in [-0.2, 0) is 6.54 Å². The molecule has 0 bridgehead atoms. The molecular weight excluding hydrogens is 359 g/mol. The van der Waals surface area contributed by atoms with Gasteiger partial charge in [0, 0.05) is 41.2 Å². The predicted octanol–water partition coefficient (Wildman–Crippen LogP) is 4.43. The zero-order valence-corrected chi connectivity index (χ0v) is 14.7. The van der Waals surface area contributed by atoms with Crippen LogP contribution < -0.4 is 5.32 Å². The van der Waals surface area contributed by atoms with E-state index in [1.165, 1.54) is 16.7 Å². The molecule has 25 heavy (non-hydrogen) atoms. The molecular formula is C19H16Cl2N2O2. The zero-order chi connectivity index (χ0) is 17.6. The first-order chi connectivity index (χ1) is 12.1. The Kier molecular flexibility index (Phi) is 4.12. The van der Waals surface area contributed by atoms with Crippen LogP contribution in [0.25, 0.3) is 5.69 Å². The van der Waals surface area contributed by atoms with E-state index in [4.69, 9.17) is 23.2 Å². The van der Waals surface area contributed by atoms with Gasteiger partial charge in [0.05, 0.1) is 5.69 Å². The fourth-order valence-corrected chi connectivity index (χ4v) is 4.07. The molecule has 0 fully saturated rings. The largest absolute Gasteiger partial charge is 0.494 e. The minimum atomic E-state index is -0.0157. The van der Waals surface area contributed by atoms with Gasteiger partial charge in [0.2, 0.25) is 0 Å². The molecule has 3 N–H and O–H groups in total. The van der Waals surface area contributed by atoms with Gasteiger partial charge in [-0.05, 0) is 34.9 Å². The fraction of sp³-hybridized carbons (Fsp3) is 0.158. The van der Waals surface area contributed by atoms with Crippen molar-refractivity contribution in [3.63, 3.8) is 0 Å². The van der Waals surface area contributed by atoms with Crippen molar-refractivity contribution in [2.24, 2.45) is 0 Å². The van der Waals surface area contributed by atoms with E-state index in [1.807, 2.05) is 30.3 Å². The molecule has 0 aliphatic carbocycles. The lowest BCUT2D eigenvalue weighted by Gasteiger charge is -2.29. The molecule has 1 unspecified atom stereocenters. The molecule has 128 valence electrons. The standard InChI is InChI=1S/C19H16Cl2N2O2/c20-11-7-13-14(9-22-10-15(13)16(21)8-11)12-3-1-2-4-17(12)23-18(24)5-6-19(23)25/h1-8,14,22,24-25H,9-10H2. The molecule has 0 amide bonds. The van der Waals surface area contributed by atoms with Crippen LogP contribution in [0.2, 0.25) is 10.0 Å². The van der Waals surface area contributed by atoms with Crippen molar-refractivity contribution >= 4 is 23.2 Å². The maximum atomic E-state index is 10.1. The Morgan fingerprint density at radius 1 is 0.960 bits per heavy atom. The summed E-state index contributed by atoms with van der Waals surface area (Å²) < 4.78 is 1.43. The van der Waals surface area contributed by atoms with Gasteiger partial charge >= 0.3 is 0 Å². The Morgan fingerprint density at radius 3 is 2.44 bits per heavy atom. The van der Waals surface area contributed by atoms with Gasteiger partial charge in [-0.3, -0.25) is 4.57 Å². The van der Waals surface area contributed by atoms with Crippen LogP contribution in [0.4, 0.5) is 0 Å². The van der Waals surface area contributed by atoms with Crippen LogP contribution in [0.3, 0.4) is 0 Å². The first kappa shape index (κ1) is 16.3. The van der Waals surface area contributed by atoms with Crippen LogP contribution in [0.1, 0.15) is 22.6 Å². The maximum absolute atomic E-state index is 10.1. The second kappa shape index (κ2) is 6.30. The Hall–Kier alpha value is -2.14. The van der Waals surface area contributed by atoms with Crippen molar-refractivity contribution in [2.45, 2.75) is 12.5 Å². The minimum absolute atomic E-state index is 0.00245. The van der Waals surface area contributed by atoms with E-state index in [0.29, 0.717) is 23.1 Å². The molecule has 1 atom stereocenters. The highest BCUT2D eigenvalue weighted by Crippen LogP contribution is 2.39. The lowest BCUT2D eigenvalue weighted by atomic mass is 9.84. The molecule has 1 aliphatic rings. The summed E-state index contributed by atoms with van der Waals surface area (Å²) in [4.78, 5) is 0. The zero-order valence-electron chi connectivity index (χ0n) is 13.2. The number of para-hydroxylation sites is 1. The fourth-order valence-electron chi connectivity index (χ4n) is 3.50. The van der Waals surface area contributed by atoms with Gasteiger partial charge < -0.3 is 15.5 Å². The number of aromatic hydroxyl groups is 2. The van der Waals surface area contributed by atoms with E-state index in [2.05, 4.69) is 5.32 Å². The lowest BCUT2D eigenvalue weighted by Crippen LogP contribution is -2.29. The molecule has 1 aromatic heterocycles. The number of nitrogens with one attached hydrogen (secondary N) is 1. The van der Waals surface area contributed by atoms with Crippen molar-refractivity contribution in [2.75, 3.05) is 6.54 Å². The highest BCUT2D eigenvalue weighted by molar-refractivity contribution is 6.35. The molecule has 2 aromatic carbocycles. The SMILES string of the molecule is Oc1ccc(O)n1-c1ccccc1C1CNCc2c(Cl)cc(Cl)cc21. The van der Waals surface area contributed by atoms with Gasteiger partial charge in [-0.2, -0.15) is 0 Å². The molecule has 2 heterocycles. The number of aromatic nitrogens is 1. The summed E-state index contributed by atoms with van der Waals surface area (Å²) in [6, 6.07) is 14.3. The molecule has 0 saturated heterocycles. The van der Waals surface area contributed by atoms with Crippen molar-refractivity contribution in [3.05, 3.63) is 75.3 Å². The number of benzene rings is 2. The summed E-state index contributed by atoms with van der Waals surface area (Å²) in [5.41, 5.74) is 3.78. The number of nitrogens with zero attached hydrogens (tertiary/aromatic N) is 1. The molecule has 6 heteroatoms. The van der Waals surface area contributed by atoms with Gasteiger partial charge in [0.15, 0.2) is 11.8 Å². The monoisotopic (exact) mass is 374 g/mol. The van der Waals surface area contributed by atoms with Gasteiger partial charge in [0.1, 0.15) is 0 Å². The van der Waals surface area contributed by atoms with E-state index in [-0.39, 0.29) is 17.7 Å². The lowest BCUT2D eigenvalue weighted by molar-refractivity contribution is 0.401. The van der Waals surface area contributed by atoms with Gasteiger partial charge in [-0.15, -0.1) is 0 Å². The summed E-state index contributed by atoms with van der Waals surface area (Å²) in [5, 5.41) is 24.9. The van der Waals surface area contributed by atoms with Crippen molar-refractivity contribution in [1.82, 2.24) is 9.88 Å². The number of fused-ring (bicyclic) bond motifs is 1. The summed E-state index contributed by atoms with van der Waals surface area (Å²) in [6.45, 7) is 1.40. The topological polar surface area (TPSA) is 57.4 Å². The highest BCUT2D eigenvalue weighted by Gasteiger charge is 2.27. The number of halogens is 2. The quantitative estimate of drug-likeness (QED) is 0.621.